The summed E-state index contributed by atoms with van der Waals surface area (Å²) in [6.07, 6.45) is 6.75. The van der Waals surface area contributed by atoms with Gasteiger partial charge in [-0.25, -0.2) is 12.7 Å². The quantitative estimate of drug-likeness (QED) is 0.820. The van der Waals surface area contributed by atoms with E-state index in [0.717, 1.165) is 32.4 Å². The van der Waals surface area contributed by atoms with E-state index in [0.29, 0.717) is 24.7 Å². The number of aromatic nitrogens is 1. The van der Waals surface area contributed by atoms with E-state index in [1.807, 2.05) is 17.7 Å². The van der Waals surface area contributed by atoms with E-state index in [1.54, 1.807) is 11.4 Å². The first-order valence-corrected chi connectivity index (χ1v) is 11.7. The van der Waals surface area contributed by atoms with E-state index in [4.69, 9.17) is 0 Å². The summed E-state index contributed by atoms with van der Waals surface area (Å²) in [6, 6.07) is 4.25. The molecule has 3 rings (SSSR count). The highest BCUT2D eigenvalue weighted by Gasteiger charge is 2.32. The van der Waals surface area contributed by atoms with Crippen LogP contribution in [0.25, 0.3) is 0 Å². The van der Waals surface area contributed by atoms with Gasteiger partial charge in [0, 0.05) is 39.4 Å². The summed E-state index contributed by atoms with van der Waals surface area (Å²) in [5, 5.41) is 2.70. The average molecular weight is 397 g/mol. The second-order valence-electron chi connectivity index (χ2n) is 7.92. The normalized spacial score (nSPS) is 25.4. The number of hydrogen-bond donors (Lipinski definition) is 1. The number of carbonyl (C=O) groups is 1. The molecule has 0 radical (unpaired) electrons. The molecule has 0 unspecified atom stereocenters. The minimum absolute atomic E-state index is 0.0674. The zero-order chi connectivity index (χ0) is 19.6. The van der Waals surface area contributed by atoms with Crippen LogP contribution in [0.4, 0.5) is 0 Å². The van der Waals surface area contributed by atoms with Crippen LogP contribution in [-0.2, 0) is 17.1 Å². The van der Waals surface area contributed by atoms with Gasteiger partial charge in [0.05, 0.1) is 12.3 Å². The van der Waals surface area contributed by atoms with Gasteiger partial charge in [-0.2, -0.15) is 0 Å². The topological polar surface area (TPSA) is 74.7 Å². The third-order valence-electron chi connectivity index (χ3n) is 6.02. The lowest BCUT2D eigenvalue weighted by Gasteiger charge is -2.40. The number of piperidine rings is 2. The SMILES string of the molecule is CNC(=O)c1ccc([C@@H]2CCCCN2C[C@H]2CCCN(S(C)(=O)=O)C2)n1C. The fraction of sp³-hybridized carbons (Fsp3) is 0.737. The van der Waals surface area contributed by atoms with Crippen LogP contribution in [0.5, 0.6) is 0 Å². The van der Waals surface area contributed by atoms with Gasteiger partial charge in [0.1, 0.15) is 5.69 Å². The minimum atomic E-state index is -3.11. The van der Waals surface area contributed by atoms with Crippen molar-refractivity contribution >= 4 is 15.9 Å². The minimum Gasteiger partial charge on any atom is -0.354 e. The van der Waals surface area contributed by atoms with E-state index < -0.39 is 10.0 Å². The fourth-order valence-corrected chi connectivity index (χ4v) is 5.51. The number of sulfonamides is 1. The lowest BCUT2D eigenvalue weighted by molar-refractivity contribution is 0.0944. The molecule has 0 aliphatic carbocycles. The van der Waals surface area contributed by atoms with Gasteiger partial charge in [-0.1, -0.05) is 6.42 Å². The molecular formula is C19H32N4O3S. The maximum atomic E-state index is 12.1. The molecule has 152 valence electrons. The lowest BCUT2D eigenvalue weighted by Crippen LogP contribution is -2.45. The molecule has 0 saturated carbocycles. The van der Waals surface area contributed by atoms with Crippen LogP contribution < -0.4 is 5.32 Å². The molecule has 7 nitrogen and oxygen atoms in total. The first-order valence-electron chi connectivity index (χ1n) is 9.88. The Labute approximate surface area is 162 Å². The van der Waals surface area contributed by atoms with Crippen LogP contribution in [0.3, 0.4) is 0 Å². The lowest BCUT2D eigenvalue weighted by atomic mass is 9.94. The summed E-state index contributed by atoms with van der Waals surface area (Å²) in [5.74, 6) is 0.301. The Morgan fingerprint density at radius 3 is 2.67 bits per heavy atom. The standard InChI is InChI=1S/C19H32N4O3S/c1-20-19(24)18-10-9-16(21(18)2)17-8-4-5-11-22(17)13-15-7-6-12-23(14-15)27(3,25)26/h9-10,15,17H,4-8,11-14H2,1-3H3,(H,20,24)/t15-,17+/m1/s1. The van der Waals surface area contributed by atoms with Gasteiger partial charge in [0.2, 0.25) is 10.0 Å². The van der Waals surface area contributed by atoms with Crippen LogP contribution in [0.2, 0.25) is 0 Å². The predicted octanol–water partition coefficient (Wildman–Crippen LogP) is 1.58. The Hall–Kier alpha value is -1.38. The van der Waals surface area contributed by atoms with E-state index in [9.17, 15) is 13.2 Å². The van der Waals surface area contributed by atoms with E-state index in [1.165, 1.54) is 24.8 Å². The maximum Gasteiger partial charge on any atom is 0.267 e. The molecule has 2 aliphatic rings. The average Bonchev–Trinajstić information content (AvgIpc) is 3.02. The van der Waals surface area contributed by atoms with Crippen LogP contribution in [0, 0.1) is 5.92 Å². The highest BCUT2D eigenvalue weighted by Crippen LogP contribution is 2.33. The molecule has 1 N–H and O–H groups in total. The van der Waals surface area contributed by atoms with Crippen molar-refractivity contribution in [1.82, 2.24) is 19.1 Å². The van der Waals surface area contributed by atoms with Crippen LogP contribution in [0.15, 0.2) is 12.1 Å². The number of nitrogens with one attached hydrogen (secondary N) is 1. The fourth-order valence-electron chi connectivity index (χ4n) is 4.57. The molecule has 2 saturated heterocycles. The molecule has 2 aliphatic heterocycles. The Balaban J connectivity index is 1.74. The largest absolute Gasteiger partial charge is 0.354 e. The number of nitrogens with zero attached hydrogens (tertiary/aromatic N) is 3. The molecule has 0 spiro atoms. The Morgan fingerprint density at radius 2 is 1.96 bits per heavy atom. The number of amides is 1. The number of hydrogen-bond acceptors (Lipinski definition) is 4. The zero-order valence-electron chi connectivity index (χ0n) is 16.6. The van der Waals surface area contributed by atoms with E-state index >= 15 is 0 Å². The molecule has 8 heteroatoms. The van der Waals surface area contributed by atoms with Gasteiger partial charge >= 0.3 is 0 Å². The van der Waals surface area contributed by atoms with Crippen molar-refractivity contribution in [2.45, 2.75) is 38.1 Å². The van der Waals surface area contributed by atoms with Crippen molar-refractivity contribution in [1.29, 1.82) is 0 Å². The van der Waals surface area contributed by atoms with Crippen molar-refractivity contribution in [2.75, 3.05) is 39.5 Å². The van der Waals surface area contributed by atoms with Crippen molar-refractivity contribution in [3.8, 4) is 0 Å². The van der Waals surface area contributed by atoms with Gasteiger partial charge in [0.25, 0.3) is 5.91 Å². The Morgan fingerprint density at radius 1 is 1.19 bits per heavy atom. The molecule has 1 amide bonds. The van der Waals surface area contributed by atoms with E-state index in [-0.39, 0.29) is 11.9 Å². The van der Waals surface area contributed by atoms with Crippen LogP contribution >= 0.6 is 0 Å². The van der Waals surface area contributed by atoms with Gasteiger partial charge in [0.15, 0.2) is 0 Å². The van der Waals surface area contributed by atoms with Crippen molar-refractivity contribution in [3.05, 3.63) is 23.5 Å². The molecule has 0 aromatic carbocycles. The van der Waals surface area contributed by atoms with Crippen LogP contribution in [0.1, 0.15) is 54.3 Å². The smallest absolute Gasteiger partial charge is 0.267 e. The van der Waals surface area contributed by atoms with Crippen molar-refractivity contribution in [3.63, 3.8) is 0 Å². The monoisotopic (exact) mass is 396 g/mol. The first kappa shape index (κ1) is 20.4. The van der Waals surface area contributed by atoms with Gasteiger partial charge in [-0.3, -0.25) is 9.69 Å². The molecule has 0 bridgehead atoms. The van der Waals surface area contributed by atoms with Crippen molar-refractivity contribution in [2.24, 2.45) is 13.0 Å². The van der Waals surface area contributed by atoms with Gasteiger partial charge in [-0.15, -0.1) is 0 Å². The third kappa shape index (κ3) is 4.55. The highest BCUT2D eigenvalue weighted by molar-refractivity contribution is 7.88. The summed E-state index contributed by atoms with van der Waals surface area (Å²) in [4.78, 5) is 14.6. The summed E-state index contributed by atoms with van der Waals surface area (Å²) in [7, 11) is 0.493. The summed E-state index contributed by atoms with van der Waals surface area (Å²) >= 11 is 0. The Kier molecular flexibility index (Phi) is 6.28. The number of rotatable bonds is 5. The second-order valence-corrected chi connectivity index (χ2v) is 9.90. The molecule has 3 heterocycles. The van der Waals surface area contributed by atoms with Crippen molar-refractivity contribution < 1.29 is 13.2 Å². The summed E-state index contributed by atoms with van der Waals surface area (Å²) in [5.41, 5.74) is 1.85. The molecule has 27 heavy (non-hydrogen) atoms. The van der Waals surface area contributed by atoms with Gasteiger partial charge in [-0.05, 0) is 50.3 Å². The Bertz CT molecular complexity index is 774. The third-order valence-corrected chi connectivity index (χ3v) is 7.29. The summed E-state index contributed by atoms with van der Waals surface area (Å²) < 4.78 is 27.5. The first-order chi connectivity index (χ1) is 12.8. The molecule has 2 fully saturated rings. The molecule has 2 atom stereocenters. The molecule has 1 aromatic rings. The molecular weight excluding hydrogens is 364 g/mol. The predicted molar refractivity (Wildman–Crippen MR) is 106 cm³/mol. The van der Waals surface area contributed by atoms with Gasteiger partial charge < -0.3 is 9.88 Å². The highest BCUT2D eigenvalue weighted by atomic mass is 32.2. The zero-order valence-corrected chi connectivity index (χ0v) is 17.5. The second kappa shape index (κ2) is 8.32. The number of carbonyl (C=O) groups excluding carboxylic acids is 1. The van der Waals surface area contributed by atoms with E-state index in [2.05, 4.69) is 16.3 Å². The summed E-state index contributed by atoms with van der Waals surface area (Å²) in [6.45, 7) is 3.21. The number of likely N-dealkylation sites (tertiary alicyclic amines) is 1. The molecule has 1 aromatic heterocycles. The maximum absolute atomic E-state index is 12.1. The van der Waals surface area contributed by atoms with Crippen LogP contribution in [-0.4, -0.2) is 67.6 Å².